The Balaban J connectivity index is 2.13. The number of carbonyl (C=O) groups excluding carboxylic acids is 2. The number of anilines is 1. The molecule has 0 spiro atoms. The largest absolute Gasteiger partial charge is 0.352 e. The Morgan fingerprint density at radius 2 is 1.45 bits per heavy atom. The van der Waals surface area contributed by atoms with Crippen molar-refractivity contribution in [1.82, 2.24) is 10.2 Å². The number of nitrogens with one attached hydrogen (secondary N) is 1. The zero-order valence-corrected chi connectivity index (χ0v) is 25.9. The van der Waals surface area contributed by atoms with Gasteiger partial charge in [0.05, 0.1) is 10.6 Å². The lowest BCUT2D eigenvalue weighted by molar-refractivity contribution is -0.140. The number of carbonyl (C=O) groups is 2. The molecule has 0 aliphatic carbocycles. The molecule has 3 aromatic carbocycles. The maximum Gasteiger partial charge on any atom is 0.264 e. The van der Waals surface area contributed by atoms with Gasteiger partial charge in [0, 0.05) is 38.2 Å². The van der Waals surface area contributed by atoms with Gasteiger partial charge in [-0.3, -0.25) is 13.9 Å². The molecule has 0 heterocycles. The number of amides is 2. The fourth-order valence-electron chi connectivity index (χ4n) is 4.09. The number of nitrogens with zero attached hydrogens (tertiary/aromatic N) is 2. The van der Waals surface area contributed by atoms with Crippen molar-refractivity contribution in [3.63, 3.8) is 0 Å². The number of hydrogen-bond acceptors (Lipinski definition) is 4. The van der Waals surface area contributed by atoms with E-state index in [1.54, 1.807) is 57.2 Å². The van der Waals surface area contributed by atoms with Gasteiger partial charge in [0.15, 0.2) is 0 Å². The SMILES string of the molecule is CC[C@@H](C(=O)NC(C)C)N(Cc1c(Cl)cccc1Cl)C(=O)CN(c1cc(Cl)cc(Cl)c1)S(=O)(=O)c1ccccc1. The molecule has 0 aliphatic rings. The molecule has 7 nitrogen and oxygen atoms in total. The monoisotopic (exact) mass is 643 g/mol. The number of benzene rings is 3. The quantitative estimate of drug-likeness (QED) is 0.248. The van der Waals surface area contributed by atoms with E-state index in [4.69, 9.17) is 46.4 Å². The molecule has 0 fully saturated rings. The van der Waals surface area contributed by atoms with Crippen molar-refractivity contribution in [2.24, 2.45) is 0 Å². The van der Waals surface area contributed by atoms with Crippen molar-refractivity contribution in [3.05, 3.63) is 92.4 Å². The van der Waals surface area contributed by atoms with Gasteiger partial charge in [-0.05, 0) is 62.7 Å². The maximum absolute atomic E-state index is 14.1. The molecule has 0 aromatic heterocycles. The van der Waals surface area contributed by atoms with Crippen molar-refractivity contribution in [3.8, 4) is 0 Å². The molecule has 0 radical (unpaired) electrons. The minimum atomic E-state index is -4.26. The third-order valence-electron chi connectivity index (χ3n) is 5.95. The van der Waals surface area contributed by atoms with Gasteiger partial charge in [-0.1, -0.05) is 77.6 Å². The molecule has 12 heteroatoms. The maximum atomic E-state index is 14.1. The summed E-state index contributed by atoms with van der Waals surface area (Å²) in [5.41, 5.74) is 0.517. The van der Waals surface area contributed by atoms with Crippen molar-refractivity contribution in [2.75, 3.05) is 10.8 Å². The van der Waals surface area contributed by atoms with Gasteiger partial charge >= 0.3 is 0 Å². The van der Waals surface area contributed by atoms with Crippen LogP contribution in [0, 0.1) is 0 Å². The number of hydrogen-bond donors (Lipinski definition) is 1. The third-order valence-corrected chi connectivity index (χ3v) is 8.89. The van der Waals surface area contributed by atoms with E-state index in [0.717, 1.165) is 4.31 Å². The van der Waals surface area contributed by atoms with E-state index >= 15 is 0 Å². The van der Waals surface area contributed by atoms with Crippen LogP contribution in [0.5, 0.6) is 0 Å². The van der Waals surface area contributed by atoms with Crippen LogP contribution in [0.4, 0.5) is 5.69 Å². The summed E-state index contributed by atoms with van der Waals surface area (Å²) in [6.45, 7) is 4.59. The molecular weight excluding hydrogens is 616 g/mol. The second kappa shape index (κ2) is 13.9. The summed E-state index contributed by atoms with van der Waals surface area (Å²) in [6.07, 6.45) is 0.251. The standard InChI is InChI=1S/C28H29Cl4N3O4S/c1-4-26(28(37)33-18(2)3)34(16-23-24(31)11-8-12-25(23)32)27(36)17-35(21-14-19(29)13-20(30)15-21)40(38,39)22-9-6-5-7-10-22/h5-15,18,26H,4,16-17H2,1-3H3,(H,33,37)/t26-/m0/s1. The van der Waals surface area contributed by atoms with Gasteiger partial charge in [0.1, 0.15) is 12.6 Å². The predicted molar refractivity (Wildman–Crippen MR) is 162 cm³/mol. The Morgan fingerprint density at radius 3 is 1.98 bits per heavy atom. The molecule has 0 unspecified atom stereocenters. The predicted octanol–water partition coefficient (Wildman–Crippen LogP) is 6.83. The first kappa shape index (κ1) is 32.0. The molecule has 0 bridgehead atoms. The molecule has 0 saturated carbocycles. The van der Waals surface area contributed by atoms with Crippen molar-refractivity contribution in [2.45, 2.75) is 50.7 Å². The van der Waals surface area contributed by atoms with Crippen LogP contribution in [0.3, 0.4) is 0 Å². The molecule has 0 aliphatic heterocycles. The Labute approximate surface area is 255 Å². The highest BCUT2D eigenvalue weighted by molar-refractivity contribution is 7.92. The number of rotatable bonds is 11. The van der Waals surface area contributed by atoms with Crippen LogP contribution in [-0.4, -0.2) is 43.8 Å². The Kier molecular flexibility index (Phi) is 11.1. The van der Waals surface area contributed by atoms with E-state index in [-0.39, 0.29) is 39.6 Å². The fourth-order valence-corrected chi connectivity index (χ4v) is 6.54. The highest BCUT2D eigenvalue weighted by Crippen LogP contribution is 2.31. The normalized spacial score (nSPS) is 12.2. The molecule has 40 heavy (non-hydrogen) atoms. The smallest absolute Gasteiger partial charge is 0.264 e. The molecule has 3 rings (SSSR count). The summed E-state index contributed by atoms with van der Waals surface area (Å²) in [4.78, 5) is 28.6. The van der Waals surface area contributed by atoms with Crippen molar-refractivity contribution >= 4 is 73.9 Å². The van der Waals surface area contributed by atoms with Gasteiger partial charge in [0.25, 0.3) is 10.0 Å². The minimum Gasteiger partial charge on any atom is -0.352 e. The highest BCUT2D eigenvalue weighted by Gasteiger charge is 2.34. The van der Waals surface area contributed by atoms with Crippen molar-refractivity contribution in [1.29, 1.82) is 0 Å². The van der Waals surface area contributed by atoms with E-state index in [1.165, 1.54) is 35.2 Å². The molecular formula is C28H29Cl4N3O4S. The van der Waals surface area contributed by atoms with Crippen LogP contribution in [0.15, 0.2) is 71.6 Å². The second-order valence-corrected chi connectivity index (χ2v) is 12.8. The van der Waals surface area contributed by atoms with Crippen LogP contribution < -0.4 is 9.62 Å². The van der Waals surface area contributed by atoms with Crippen molar-refractivity contribution < 1.29 is 18.0 Å². The van der Waals surface area contributed by atoms with E-state index in [1.807, 2.05) is 0 Å². The number of sulfonamides is 1. The summed E-state index contributed by atoms with van der Waals surface area (Å²) in [5.74, 6) is -1.05. The third kappa shape index (κ3) is 7.83. The summed E-state index contributed by atoms with van der Waals surface area (Å²) in [5, 5.41) is 3.82. The zero-order valence-electron chi connectivity index (χ0n) is 22.1. The van der Waals surface area contributed by atoms with E-state index in [2.05, 4.69) is 5.32 Å². The molecule has 214 valence electrons. The molecule has 3 aromatic rings. The summed E-state index contributed by atoms with van der Waals surface area (Å²) in [6, 6.07) is 15.7. The average molecular weight is 645 g/mol. The number of halogens is 4. The van der Waals surface area contributed by atoms with Gasteiger partial charge < -0.3 is 10.2 Å². The molecule has 1 N–H and O–H groups in total. The first-order valence-electron chi connectivity index (χ1n) is 12.4. The van der Waals surface area contributed by atoms with Crippen LogP contribution in [-0.2, 0) is 26.2 Å². The fraction of sp³-hybridized carbons (Fsp3) is 0.286. The lowest BCUT2D eigenvalue weighted by Gasteiger charge is -2.34. The van der Waals surface area contributed by atoms with Crippen LogP contribution in [0.1, 0.15) is 32.8 Å². The second-order valence-electron chi connectivity index (χ2n) is 9.26. The Morgan fingerprint density at radius 1 is 0.875 bits per heavy atom. The summed E-state index contributed by atoms with van der Waals surface area (Å²) >= 11 is 25.3. The van der Waals surface area contributed by atoms with Crippen LogP contribution >= 0.6 is 46.4 Å². The van der Waals surface area contributed by atoms with Gasteiger partial charge in [-0.15, -0.1) is 0 Å². The van der Waals surface area contributed by atoms with Gasteiger partial charge in [-0.2, -0.15) is 0 Å². The lowest BCUT2D eigenvalue weighted by atomic mass is 10.1. The average Bonchev–Trinajstić information content (AvgIpc) is 2.88. The van der Waals surface area contributed by atoms with Crippen LogP contribution in [0.25, 0.3) is 0 Å². The van der Waals surface area contributed by atoms with E-state index < -0.39 is 34.4 Å². The first-order chi connectivity index (χ1) is 18.8. The van der Waals surface area contributed by atoms with Crippen LogP contribution in [0.2, 0.25) is 20.1 Å². The summed E-state index contributed by atoms with van der Waals surface area (Å²) in [7, 11) is -4.26. The highest BCUT2D eigenvalue weighted by atomic mass is 35.5. The Hall–Kier alpha value is -2.49. The Bertz CT molecular complexity index is 1430. The van der Waals surface area contributed by atoms with Gasteiger partial charge in [-0.25, -0.2) is 8.42 Å². The molecule has 1 atom stereocenters. The van der Waals surface area contributed by atoms with E-state index in [0.29, 0.717) is 15.6 Å². The first-order valence-corrected chi connectivity index (χ1v) is 15.4. The van der Waals surface area contributed by atoms with E-state index in [9.17, 15) is 18.0 Å². The summed E-state index contributed by atoms with van der Waals surface area (Å²) < 4.78 is 28.6. The molecule has 2 amide bonds. The molecule has 0 saturated heterocycles. The topological polar surface area (TPSA) is 86.8 Å². The lowest BCUT2D eigenvalue weighted by Crippen LogP contribution is -2.53. The van der Waals surface area contributed by atoms with Gasteiger partial charge in [0.2, 0.25) is 11.8 Å². The minimum absolute atomic E-state index is 0.0378. The zero-order chi connectivity index (χ0) is 29.6.